The molecule has 3 aromatic rings. The van der Waals surface area contributed by atoms with Crippen molar-refractivity contribution in [2.45, 2.75) is 26.8 Å². The molecule has 0 aliphatic carbocycles. The molecular formula is C23H28N4O2. The van der Waals surface area contributed by atoms with Gasteiger partial charge in [-0.25, -0.2) is 9.97 Å². The quantitative estimate of drug-likeness (QED) is 0.713. The Morgan fingerprint density at radius 3 is 2.76 bits per heavy atom. The van der Waals surface area contributed by atoms with Crippen LogP contribution in [0, 0.1) is 6.92 Å². The number of phenols is 1. The van der Waals surface area contributed by atoms with E-state index in [9.17, 15) is 5.11 Å². The van der Waals surface area contributed by atoms with E-state index < -0.39 is 0 Å². The molecule has 1 aromatic heterocycles. The smallest absolute Gasteiger partial charge is 0.226 e. The van der Waals surface area contributed by atoms with Crippen LogP contribution in [0.25, 0.3) is 10.9 Å². The molecule has 1 fully saturated rings. The number of hydrogen-bond acceptors (Lipinski definition) is 6. The minimum atomic E-state index is 0.325. The van der Waals surface area contributed by atoms with E-state index in [1.807, 2.05) is 44.2 Å². The number of benzene rings is 2. The fourth-order valence-electron chi connectivity index (χ4n) is 3.89. The van der Waals surface area contributed by atoms with E-state index in [1.54, 1.807) is 6.07 Å². The van der Waals surface area contributed by atoms with E-state index in [-0.39, 0.29) is 0 Å². The number of rotatable bonds is 5. The van der Waals surface area contributed by atoms with Crippen LogP contribution in [0.5, 0.6) is 11.5 Å². The van der Waals surface area contributed by atoms with E-state index in [0.29, 0.717) is 12.4 Å². The van der Waals surface area contributed by atoms with Crippen LogP contribution in [-0.4, -0.2) is 52.8 Å². The molecule has 1 aliphatic rings. The molecule has 1 N–H and O–H groups in total. The largest absolute Gasteiger partial charge is 0.508 e. The zero-order chi connectivity index (χ0) is 20.2. The fourth-order valence-corrected chi connectivity index (χ4v) is 3.89. The predicted octanol–water partition coefficient (Wildman–Crippen LogP) is 3.75. The van der Waals surface area contributed by atoms with Crippen LogP contribution < -0.4 is 9.64 Å². The molecular weight excluding hydrogens is 364 g/mol. The van der Waals surface area contributed by atoms with Gasteiger partial charge in [-0.1, -0.05) is 12.1 Å². The number of nitrogens with zero attached hydrogens (tertiary/aromatic N) is 4. The van der Waals surface area contributed by atoms with E-state index >= 15 is 0 Å². The van der Waals surface area contributed by atoms with E-state index in [4.69, 9.17) is 14.7 Å². The first-order chi connectivity index (χ1) is 14.1. The van der Waals surface area contributed by atoms with Crippen LogP contribution in [0.3, 0.4) is 0 Å². The van der Waals surface area contributed by atoms with Gasteiger partial charge < -0.3 is 14.7 Å². The van der Waals surface area contributed by atoms with Crippen molar-refractivity contribution in [1.82, 2.24) is 14.9 Å². The van der Waals surface area contributed by atoms with E-state index in [2.05, 4.69) is 15.9 Å². The molecule has 2 aromatic carbocycles. The lowest BCUT2D eigenvalue weighted by molar-refractivity contribution is 0.285. The first-order valence-electron chi connectivity index (χ1n) is 10.3. The summed E-state index contributed by atoms with van der Waals surface area (Å²) in [6, 6.07) is 13.5. The number of phenolic OH excluding ortho intramolecular Hbond substituents is 1. The van der Waals surface area contributed by atoms with E-state index in [0.717, 1.165) is 73.0 Å². The Kier molecular flexibility index (Phi) is 5.81. The fraction of sp³-hybridized carbons (Fsp3) is 0.391. The van der Waals surface area contributed by atoms with Gasteiger partial charge >= 0.3 is 0 Å². The van der Waals surface area contributed by atoms with Gasteiger partial charge in [0.05, 0.1) is 17.8 Å². The minimum Gasteiger partial charge on any atom is -0.508 e. The molecule has 2 heterocycles. The maximum atomic E-state index is 9.70. The van der Waals surface area contributed by atoms with Crippen molar-refractivity contribution in [2.24, 2.45) is 0 Å². The lowest BCUT2D eigenvalue weighted by Crippen LogP contribution is -2.31. The van der Waals surface area contributed by atoms with Crippen LogP contribution in [0.15, 0.2) is 42.5 Å². The van der Waals surface area contributed by atoms with Crippen molar-refractivity contribution in [3.8, 4) is 11.5 Å². The van der Waals surface area contributed by atoms with Gasteiger partial charge in [0.2, 0.25) is 5.95 Å². The zero-order valence-corrected chi connectivity index (χ0v) is 17.1. The summed E-state index contributed by atoms with van der Waals surface area (Å²) in [4.78, 5) is 14.3. The molecule has 4 rings (SSSR count). The number of anilines is 1. The molecule has 0 spiro atoms. The van der Waals surface area contributed by atoms with Gasteiger partial charge in [0, 0.05) is 38.1 Å². The topological polar surface area (TPSA) is 61.7 Å². The highest BCUT2D eigenvalue weighted by atomic mass is 16.5. The SMILES string of the molecule is CCOc1ccc2nc(N3CCCN(Cc4cccc(O)c4)CC3)nc(C)c2c1. The van der Waals surface area contributed by atoms with Gasteiger partial charge in [0.25, 0.3) is 0 Å². The molecule has 6 nitrogen and oxygen atoms in total. The van der Waals surface area contributed by atoms with Crippen molar-refractivity contribution < 1.29 is 9.84 Å². The average Bonchev–Trinajstić information content (AvgIpc) is 2.94. The second-order valence-electron chi connectivity index (χ2n) is 7.51. The van der Waals surface area contributed by atoms with Crippen LogP contribution >= 0.6 is 0 Å². The van der Waals surface area contributed by atoms with Gasteiger partial charge in [-0.2, -0.15) is 0 Å². The maximum absolute atomic E-state index is 9.70. The lowest BCUT2D eigenvalue weighted by atomic mass is 10.2. The van der Waals surface area contributed by atoms with Crippen LogP contribution in [0.1, 0.15) is 24.6 Å². The van der Waals surface area contributed by atoms with Crippen LogP contribution in [0.4, 0.5) is 5.95 Å². The third kappa shape index (κ3) is 4.59. The highest BCUT2D eigenvalue weighted by Crippen LogP contribution is 2.25. The van der Waals surface area contributed by atoms with Crippen molar-refractivity contribution in [3.05, 3.63) is 53.7 Å². The molecule has 0 saturated carbocycles. The Bertz CT molecular complexity index is 992. The monoisotopic (exact) mass is 392 g/mol. The first kappa shape index (κ1) is 19.5. The van der Waals surface area contributed by atoms with Gasteiger partial charge in [-0.15, -0.1) is 0 Å². The lowest BCUT2D eigenvalue weighted by Gasteiger charge is -2.22. The summed E-state index contributed by atoms with van der Waals surface area (Å²) in [7, 11) is 0. The normalized spacial score (nSPS) is 15.4. The molecule has 29 heavy (non-hydrogen) atoms. The maximum Gasteiger partial charge on any atom is 0.226 e. The van der Waals surface area contributed by atoms with Gasteiger partial charge in [-0.05, 0) is 56.2 Å². The molecule has 6 heteroatoms. The standard InChI is InChI=1S/C23H28N4O2/c1-3-29-20-8-9-22-21(15-20)17(2)24-23(25-22)27-11-5-10-26(12-13-27)16-18-6-4-7-19(28)14-18/h4,6-9,14-15,28H,3,5,10-13,16H2,1-2H3. The number of aromatic hydroxyl groups is 1. The first-order valence-corrected chi connectivity index (χ1v) is 10.3. The summed E-state index contributed by atoms with van der Waals surface area (Å²) in [6.07, 6.45) is 1.06. The molecule has 0 atom stereocenters. The summed E-state index contributed by atoms with van der Waals surface area (Å²) in [5, 5.41) is 10.7. The Morgan fingerprint density at radius 2 is 1.93 bits per heavy atom. The highest BCUT2D eigenvalue weighted by molar-refractivity contribution is 5.83. The predicted molar refractivity (Wildman–Crippen MR) is 116 cm³/mol. The minimum absolute atomic E-state index is 0.325. The molecule has 0 bridgehead atoms. The van der Waals surface area contributed by atoms with Crippen molar-refractivity contribution in [2.75, 3.05) is 37.7 Å². The summed E-state index contributed by atoms with van der Waals surface area (Å²) >= 11 is 0. The van der Waals surface area contributed by atoms with Crippen LogP contribution in [0.2, 0.25) is 0 Å². The van der Waals surface area contributed by atoms with Gasteiger partial charge in [-0.3, -0.25) is 4.90 Å². The third-order valence-corrected chi connectivity index (χ3v) is 5.35. The zero-order valence-electron chi connectivity index (χ0n) is 17.1. The Hall–Kier alpha value is -2.86. The average molecular weight is 393 g/mol. The Labute approximate surface area is 171 Å². The number of aryl methyl sites for hydroxylation is 1. The summed E-state index contributed by atoms with van der Waals surface area (Å²) in [6.45, 7) is 9.32. The van der Waals surface area contributed by atoms with E-state index in [1.165, 1.54) is 0 Å². The van der Waals surface area contributed by atoms with Gasteiger partial charge in [0.1, 0.15) is 11.5 Å². The molecule has 0 radical (unpaired) electrons. The number of ether oxygens (including phenoxy) is 1. The van der Waals surface area contributed by atoms with Crippen molar-refractivity contribution >= 4 is 16.9 Å². The number of fused-ring (bicyclic) bond motifs is 1. The molecule has 1 aliphatic heterocycles. The Balaban J connectivity index is 1.48. The molecule has 152 valence electrons. The number of hydrogen-bond donors (Lipinski definition) is 1. The summed E-state index contributed by atoms with van der Waals surface area (Å²) in [5.41, 5.74) is 3.07. The van der Waals surface area contributed by atoms with Crippen molar-refractivity contribution in [3.63, 3.8) is 0 Å². The molecule has 0 amide bonds. The van der Waals surface area contributed by atoms with Gasteiger partial charge in [0.15, 0.2) is 0 Å². The molecule has 0 unspecified atom stereocenters. The summed E-state index contributed by atoms with van der Waals surface area (Å²) < 4.78 is 5.61. The second-order valence-corrected chi connectivity index (χ2v) is 7.51. The van der Waals surface area contributed by atoms with Crippen molar-refractivity contribution in [1.29, 1.82) is 0 Å². The second kappa shape index (κ2) is 8.66. The summed E-state index contributed by atoms with van der Waals surface area (Å²) in [5.74, 6) is 1.99. The van der Waals surface area contributed by atoms with Crippen LogP contribution in [-0.2, 0) is 6.54 Å². The Morgan fingerprint density at radius 1 is 1.03 bits per heavy atom. The third-order valence-electron chi connectivity index (χ3n) is 5.35. The number of aromatic nitrogens is 2. The highest BCUT2D eigenvalue weighted by Gasteiger charge is 2.18. The molecule has 1 saturated heterocycles.